The highest BCUT2D eigenvalue weighted by Gasteiger charge is 2.42. The van der Waals surface area contributed by atoms with Crippen LogP contribution in [-0.2, 0) is 16.6 Å². The Morgan fingerprint density at radius 3 is 2.62 bits per heavy atom. The van der Waals surface area contributed by atoms with E-state index in [0.29, 0.717) is 5.69 Å². The maximum absolute atomic E-state index is 14.1. The van der Waals surface area contributed by atoms with E-state index in [9.17, 15) is 14.3 Å². The Labute approximate surface area is 122 Å². The van der Waals surface area contributed by atoms with Gasteiger partial charge in [-0.2, -0.15) is 0 Å². The van der Waals surface area contributed by atoms with Gasteiger partial charge in [0.1, 0.15) is 11.2 Å². The fourth-order valence-corrected chi connectivity index (χ4v) is 2.39. The highest BCUT2D eigenvalue weighted by Crippen LogP contribution is 2.30. The number of hydrogen-bond acceptors (Lipinski definition) is 3. The molecule has 0 fully saturated rings. The number of hydrogen-bond donors (Lipinski definition) is 2. The Morgan fingerprint density at radius 1 is 1.33 bits per heavy atom. The lowest BCUT2D eigenvalue weighted by atomic mass is 9.75. The van der Waals surface area contributed by atoms with E-state index in [4.69, 9.17) is 5.73 Å². The van der Waals surface area contributed by atoms with Crippen LogP contribution in [0.4, 0.5) is 4.39 Å². The second-order valence-corrected chi connectivity index (χ2v) is 5.02. The lowest BCUT2D eigenvalue weighted by Crippen LogP contribution is -2.46. The SMILES string of the molecule is Cc1cccnc1CC(CN)(C(=O)O)c1ccccc1F. The average Bonchev–Trinajstić information content (AvgIpc) is 2.47. The molecule has 0 spiro atoms. The summed E-state index contributed by atoms with van der Waals surface area (Å²) < 4.78 is 14.1. The molecule has 0 radical (unpaired) electrons. The molecule has 1 aromatic carbocycles. The Hall–Kier alpha value is -2.27. The van der Waals surface area contributed by atoms with Gasteiger partial charge in [-0.1, -0.05) is 24.3 Å². The van der Waals surface area contributed by atoms with Crippen LogP contribution in [0, 0.1) is 12.7 Å². The zero-order valence-corrected chi connectivity index (χ0v) is 11.7. The van der Waals surface area contributed by atoms with E-state index in [2.05, 4.69) is 4.98 Å². The number of nitrogens with zero attached hydrogens (tertiary/aromatic N) is 1. The van der Waals surface area contributed by atoms with Crippen LogP contribution in [-0.4, -0.2) is 22.6 Å². The molecule has 110 valence electrons. The summed E-state index contributed by atoms with van der Waals surface area (Å²) in [6.45, 7) is 1.63. The summed E-state index contributed by atoms with van der Waals surface area (Å²) in [7, 11) is 0. The van der Waals surface area contributed by atoms with Crippen molar-refractivity contribution in [3.63, 3.8) is 0 Å². The number of carbonyl (C=O) groups is 1. The molecule has 1 aromatic heterocycles. The fraction of sp³-hybridized carbons (Fsp3) is 0.250. The number of aryl methyl sites for hydroxylation is 1. The highest BCUT2D eigenvalue weighted by molar-refractivity contribution is 5.82. The molecule has 0 saturated carbocycles. The zero-order chi connectivity index (χ0) is 15.5. The lowest BCUT2D eigenvalue weighted by molar-refractivity contribution is -0.143. The van der Waals surface area contributed by atoms with Crippen LogP contribution in [0.25, 0.3) is 0 Å². The van der Waals surface area contributed by atoms with Crippen molar-refractivity contribution >= 4 is 5.97 Å². The molecule has 21 heavy (non-hydrogen) atoms. The smallest absolute Gasteiger partial charge is 0.315 e. The van der Waals surface area contributed by atoms with Gasteiger partial charge in [-0.05, 0) is 24.6 Å². The van der Waals surface area contributed by atoms with E-state index < -0.39 is 17.2 Å². The van der Waals surface area contributed by atoms with Crippen LogP contribution in [0.15, 0.2) is 42.6 Å². The number of benzene rings is 1. The number of carboxylic acids is 1. The lowest BCUT2D eigenvalue weighted by Gasteiger charge is -2.29. The van der Waals surface area contributed by atoms with Crippen molar-refractivity contribution in [3.8, 4) is 0 Å². The molecule has 0 bridgehead atoms. The second-order valence-electron chi connectivity index (χ2n) is 5.02. The second kappa shape index (κ2) is 6.01. The Bertz CT molecular complexity index is 660. The normalized spacial score (nSPS) is 13.7. The third kappa shape index (κ3) is 2.78. The van der Waals surface area contributed by atoms with Gasteiger partial charge in [0, 0.05) is 30.4 Å². The van der Waals surface area contributed by atoms with Crippen LogP contribution in [0.2, 0.25) is 0 Å². The summed E-state index contributed by atoms with van der Waals surface area (Å²) in [5, 5.41) is 9.68. The largest absolute Gasteiger partial charge is 0.481 e. The van der Waals surface area contributed by atoms with E-state index in [0.717, 1.165) is 5.56 Å². The quantitative estimate of drug-likeness (QED) is 0.883. The van der Waals surface area contributed by atoms with Gasteiger partial charge in [0.15, 0.2) is 0 Å². The van der Waals surface area contributed by atoms with E-state index in [-0.39, 0.29) is 18.5 Å². The summed E-state index contributed by atoms with van der Waals surface area (Å²) in [6.07, 6.45) is 1.64. The van der Waals surface area contributed by atoms with Gasteiger partial charge in [-0.25, -0.2) is 4.39 Å². The van der Waals surface area contributed by atoms with Crippen molar-refractivity contribution in [2.24, 2.45) is 5.73 Å². The van der Waals surface area contributed by atoms with Crippen LogP contribution < -0.4 is 5.73 Å². The minimum atomic E-state index is -1.52. The number of nitrogens with two attached hydrogens (primary N) is 1. The fourth-order valence-electron chi connectivity index (χ4n) is 2.39. The summed E-state index contributed by atoms with van der Waals surface area (Å²) >= 11 is 0. The van der Waals surface area contributed by atoms with Crippen LogP contribution in [0.5, 0.6) is 0 Å². The first-order chi connectivity index (χ1) is 10.0. The first-order valence-corrected chi connectivity index (χ1v) is 6.60. The first-order valence-electron chi connectivity index (χ1n) is 6.60. The first kappa shape index (κ1) is 15.1. The number of rotatable bonds is 5. The molecule has 0 aliphatic heterocycles. The monoisotopic (exact) mass is 288 g/mol. The van der Waals surface area contributed by atoms with Crippen molar-refractivity contribution in [1.82, 2.24) is 4.98 Å². The maximum atomic E-state index is 14.1. The van der Waals surface area contributed by atoms with Gasteiger partial charge in [-0.3, -0.25) is 9.78 Å². The predicted molar refractivity (Wildman–Crippen MR) is 77.4 cm³/mol. The molecule has 0 aliphatic carbocycles. The topological polar surface area (TPSA) is 76.2 Å². The third-order valence-corrected chi connectivity index (χ3v) is 3.73. The number of pyridine rings is 1. The number of aromatic nitrogens is 1. The van der Waals surface area contributed by atoms with Gasteiger partial charge < -0.3 is 10.8 Å². The third-order valence-electron chi connectivity index (χ3n) is 3.73. The van der Waals surface area contributed by atoms with Crippen molar-refractivity contribution < 1.29 is 14.3 Å². The molecule has 3 N–H and O–H groups in total. The molecule has 0 aliphatic rings. The van der Waals surface area contributed by atoms with Gasteiger partial charge in [0.05, 0.1) is 0 Å². The number of aliphatic carboxylic acids is 1. The molecular formula is C16H17FN2O2. The van der Waals surface area contributed by atoms with E-state index in [1.165, 1.54) is 18.2 Å². The van der Waals surface area contributed by atoms with E-state index >= 15 is 0 Å². The molecule has 2 aromatic rings. The van der Waals surface area contributed by atoms with Crippen LogP contribution >= 0.6 is 0 Å². The predicted octanol–water partition coefficient (Wildman–Crippen LogP) is 2.05. The molecule has 1 atom stereocenters. The maximum Gasteiger partial charge on any atom is 0.315 e. The van der Waals surface area contributed by atoms with Gasteiger partial charge in [-0.15, -0.1) is 0 Å². The molecule has 0 amide bonds. The van der Waals surface area contributed by atoms with Crippen molar-refractivity contribution in [3.05, 3.63) is 65.2 Å². The minimum Gasteiger partial charge on any atom is -0.481 e. The number of halogens is 1. The molecular weight excluding hydrogens is 271 g/mol. The molecule has 4 nitrogen and oxygen atoms in total. The summed E-state index contributed by atoms with van der Waals surface area (Å²) in [4.78, 5) is 16.1. The van der Waals surface area contributed by atoms with Crippen molar-refractivity contribution in [2.45, 2.75) is 18.8 Å². The molecule has 1 heterocycles. The van der Waals surface area contributed by atoms with Gasteiger partial charge >= 0.3 is 5.97 Å². The molecule has 0 saturated heterocycles. The average molecular weight is 288 g/mol. The molecule has 5 heteroatoms. The highest BCUT2D eigenvalue weighted by atomic mass is 19.1. The summed E-state index contributed by atoms with van der Waals surface area (Å²) in [5.74, 6) is -1.72. The van der Waals surface area contributed by atoms with Crippen molar-refractivity contribution in [1.29, 1.82) is 0 Å². The minimum absolute atomic E-state index is 0.0481. The van der Waals surface area contributed by atoms with Crippen molar-refractivity contribution in [2.75, 3.05) is 6.54 Å². The van der Waals surface area contributed by atoms with Crippen LogP contribution in [0.1, 0.15) is 16.8 Å². The summed E-state index contributed by atoms with van der Waals surface area (Å²) in [5.41, 5.74) is 5.76. The van der Waals surface area contributed by atoms with Gasteiger partial charge in [0.25, 0.3) is 0 Å². The van der Waals surface area contributed by atoms with Gasteiger partial charge in [0.2, 0.25) is 0 Å². The van der Waals surface area contributed by atoms with E-state index in [1.807, 2.05) is 13.0 Å². The zero-order valence-electron chi connectivity index (χ0n) is 11.7. The molecule has 1 unspecified atom stereocenters. The standard InChI is InChI=1S/C16H17FN2O2/c1-11-5-4-8-19-14(11)9-16(10-18,15(20)21)12-6-2-3-7-13(12)17/h2-8H,9-10,18H2,1H3,(H,20,21). The Kier molecular flexibility index (Phi) is 4.33. The van der Waals surface area contributed by atoms with E-state index in [1.54, 1.807) is 18.3 Å². The van der Waals surface area contributed by atoms with Crippen LogP contribution in [0.3, 0.4) is 0 Å². The summed E-state index contributed by atoms with van der Waals surface area (Å²) in [6, 6.07) is 9.45. The number of carboxylic acid groups (broad SMARTS) is 1. The molecule has 2 rings (SSSR count). The Morgan fingerprint density at radius 2 is 2.05 bits per heavy atom. The Balaban J connectivity index is 2.56.